The van der Waals surface area contributed by atoms with Crippen LogP contribution in [0.2, 0.25) is 0 Å². The molecule has 46 heavy (non-hydrogen) atoms. The maximum Gasteiger partial charge on any atom is 4.00 e. The number of allylic oxidation sites excluding steroid dienone is 4. The summed E-state index contributed by atoms with van der Waals surface area (Å²) < 4.78 is 0. The second-order valence-electron chi connectivity index (χ2n) is 11.9. The summed E-state index contributed by atoms with van der Waals surface area (Å²) in [6, 6.07) is 40.3. The zero-order valence-corrected chi connectivity index (χ0v) is 32.4. The molecule has 1 aliphatic rings. The number of benzene rings is 4. The quantitative estimate of drug-likeness (QED) is 0.0975. The molecule has 4 aromatic rings. The van der Waals surface area contributed by atoms with E-state index in [4.69, 9.17) is 0 Å². The molecule has 0 radical (unpaired) electrons. The van der Waals surface area contributed by atoms with Crippen molar-refractivity contribution in [2.45, 2.75) is 85.0 Å². The molecule has 0 bridgehead atoms. The first-order chi connectivity index (χ1) is 20.7. The largest absolute Gasteiger partial charge is 4.00 e. The molecule has 0 saturated carbocycles. The van der Waals surface area contributed by atoms with Gasteiger partial charge in [-0.15, -0.1) is 17.7 Å². The Morgan fingerprint density at radius 2 is 0.891 bits per heavy atom. The predicted molar refractivity (Wildman–Crippen MR) is 186 cm³/mol. The number of hydrogen-bond donors (Lipinski definition) is 0. The Labute approximate surface area is 313 Å². The smallest absolute Gasteiger partial charge is 1.00 e. The monoisotopic (exact) mass is 720 g/mol. The van der Waals surface area contributed by atoms with Gasteiger partial charge in [0.05, 0.1) is 0 Å². The van der Waals surface area contributed by atoms with Gasteiger partial charge in [0, 0.05) is 0 Å². The molecule has 5 heteroatoms. The minimum atomic E-state index is -2.61. The van der Waals surface area contributed by atoms with Crippen LogP contribution in [-0.2, 0) is 41.0 Å². The van der Waals surface area contributed by atoms with Gasteiger partial charge in [0.25, 0.3) is 0 Å². The first-order valence-electron chi connectivity index (χ1n) is 16.4. The molecule has 0 nitrogen and oxygen atoms in total. The van der Waals surface area contributed by atoms with Crippen molar-refractivity contribution in [2.24, 2.45) is 0 Å². The molecule has 1 aliphatic carbocycles. The summed E-state index contributed by atoms with van der Waals surface area (Å²) in [6.07, 6.45) is 17.8. The molecule has 0 atom stereocenters. The minimum Gasteiger partial charge on any atom is -1.00 e. The molecule has 0 spiro atoms. The first-order valence-corrected chi connectivity index (χ1v) is 18.4. The number of halogens is 3. The molecule has 240 valence electrons. The maximum absolute atomic E-state index is 3.74. The summed E-state index contributed by atoms with van der Waals surface area (Å²) in [5.41, 5.74) is 6.91. The van der Waals surface area contributed by atoms with E-state index in [9.17, 15) is 0 Å². The summed E-state index contributed by atoms with van der Waals surface area (Å²) in [6.45, 7) is 6.84. The van der Waals surface area contributed by atoms with E-state index in [1.54, 1.807) is 5.20 Å². The van der Waals surface area contributed by atoms with Crippen LogP contribution in [0.4, 0.5) is 0 Å². The molecule has 0 unspecified atom stereocenters. The van der Waals surface area contributed by atoms with Crippen LogP contribution in [0.1, 0.15) is 88.0 Å². The van der Waals surface area contributed by atoms with E-state index in [0.717, 1.165) is 25.7 Å². The minimum absolute atomic E-state index is 0. The van der Waals surface area contributed by atoms with E-state index in [2.05, 4.69) is 136 Å². The summed E-state index contributed by atoms with van der Waals surface area (Å²) in [4.78, 5) is 0. The molecule has 0 fully saturated rings. The fourth-order valence-electron chi connectivity index (χ4n) is 6.58. The molecule has 0 heterocycles. The molecule has 4 aromatic carbocycles. The van der Waals surface area contributed by atoms with Crippen LogP contribution in [0.25, 0.3) is 5.57 Å². The van der Waals surface area contributed by atoms with Crippen molar-refractivity contribution in [2.75, 3.05) is 0 Å². The van der Waals surface area contributed by atoms with E-state index >= 15 is 0 Å². The summed E-state index contributed by atoms with van der Waals surface area (Å²) in [5, 5.41) is 5.99. The Balaban J connectivity index is 0.00000264. The van der Waals surface area contributed by atoms with Gasteiger partial charge in [-0.25, -0.2) is 0 Å². The third-order valence-electron chi connectivity index (χ3n) is 8.99. The summed E-state index contributed by atoms with van der Waals surface area (Å²) in [7, 11) is -2.61. The average molecular weight is 722 g/mol. The van der Waals surface area contributed by atoms with Gasteiger partial charge < -0.3 is 37.2 Å². The molecule has 5 rings (SSSR count). The Bertz CT molecular complexity index is 1350. The van der Waals surface area contributed by atoms with Crippen molar-refractivity contribution in [3.05, 3.63) is 143 Å². The van der Waals surface area contributed by atoms with Crippen LogP contribution in [0, 0.1) is 6.08 Å². The van der Waals surface area contributed by atoms with E-state index < -0.39 is 8.07 Å². The summed E-state index contributed by atoms with van der Waals surface area (Å²) in [5.74, 6) is 0. The SMILES string of the molecule is CCCCc1ccc([Si](C2=C(c3ccccc3)[C-]=CC2)(c2ccc(CCCC)cc2)c2ccc(CCCC)cc2)cc1.[Cl-].[Cl-].[Cl-].[Ti+4]. The van der Waals surface area contributed by atoms with Crippen LogP contribution in [-0.4, -0.2) is 8.07 Å². The summed E-state index contributed by atoms with van der Waals surface area (Å²) >= 11 is 0. The Kier molecular flexibility index (Phi) is 19.4. The van der Waals surface area contributed by atoms with E-state index in [1.165, 1.54) is 81.9 Å². The molecular formula is C41H47Cl3SiTi. The fourth-order valence-corrected chi connectivity index (χ4v) is 11.6. The molecule has 0 amide bonds. The molecule has 0 N–H and O–H groups in total. The van der Waals surface area contributed by atoms with Crippen molar-refractivity contribution in [3.8, 4) is 0 Å². The predicted octanol–water partition coefficient (Wildman–Crippen LogP) is -0.0498. The molecule has 0 aliphatic heterocycles. The van der Waals surface area contributed by atoms with E-state index in [0.29, 0.717) is 0 Å². The Hall–Kier alpha value is -1.84. The van der Waals surface area contributed by atoms with E-state index in [-0.39, 0.29) is 58.9 Å². The van der Waals surface area contributed by atoms with Crippen molar-refractivity contribution < 1.29 is 58.9 Å². The van der Waals surface area contributed by atoms with Gasteiger partial charge in [0.15, 0.2) is 0 Å². The topological polar surface area (TPSA) is 0 Å². The molecule has 0 saturated heterocycles. The number of unbranched alkanes of at least 4 members (excludes halogenated alkanes) is 3. The second-order valence-corrected chi connectivity index (χ2v) is 15.8. The van der Waals surface area contributed by atoms with Crippen LogP contribution in [0.5, 0.6) is 0 Å². The maximum atomic E-state index is 3.74. The average Bonchev–Trinajstić information content (AvgIpc) is 3.54. The number of aryl methyl sites for hydroxylation is 3. The number of hydrogen-bond acceptors (Lipinski definition) is 0. The first kappa shape index (κ1) is 42.2. The van der Waals surface area contributed by atoms with Gasteiger partial charge in [0.2, 0.25) is 0 Å². The van der Waals surface area contributed by atoms with Crippen LogP contribution >= 0.6 is 0 Å². The fraction of sp³-hybridized carbons (Fsp3) is 0.317. The molecular weight excluding hydrogens is 675 g/mol. The van der Waals surface area contributed by atoms with Crippen molar-refractivity contribution in [1.29, 1.82) is 0 Å². The van der Waals surface area contributed by atoms with Gasteiger partial charge in [-0.3, -0.25) is 0 Å². The van der Waals surface area contributed by atoms with Gasteiger partial charge in [0.1, 0.15) is 8.07 Å². The van der Waals surface area contributed by atoms with Gasteiger partial charge in [-0.05, 0) is 55.2 Å². The normalized spacial score (nSPS) is 12.1. The zero-order valence-electron chi connectivity index (χ0n) is 27.6. The van der Waals surface area contributed by atoms with Crippen LogP contribution in [0.3, 0.4) is 0 Å². The third-order valence-corrected chi connectivity index (χ3v) is 13.9. The van der Waals surface area contributed by atoms with Crippen molar-refractivity contribution >= 4 is 29.2 Å². The van der Waals surface area contributed by atoms with Gasteiger partial charge in [-0.1, -0.05) is 153 Å². The van der Waals surface area contributed by atoms with Crippen LogP contribution in [0.15, 0.2) is 114 Å². The zero-order chi connectivity index (χ0) is 29.2. The standard InChI is InChI=1S/C41H47Si.3ClH.Ti/c1-4-7-14-33-21-27-37(28-22-33)42(38-29-23-34(24-30-38)15-8-5-2,39-31-25-35(26-32-39)16-9-6-3)41-20-13-19-40(41)36-17-11-10-12-18-36;;;;/h10-13,17-18,21-32H,4-9,14-16,20H2,1-3H3;3*1H;/q-1;;;;+4/p-3. The van der Waals surface area contributed by atoms with Crippen LogP contribution < -0.4 is 52.8 Å². The van der Waals surface area contributed by atoms with Crippen molar-refractivity contribution in [3.63, 3.8) is 0 Å². The molecule has 0 aromatic heterocycles. The van der Waals surface area contributed by atoms with Gasteiger partial charge >= 0.3 is 21.7 Å². The van der Waals surface area contributed by atoms with E-state index in [1.807, 2.05) is 0 Å². The second kappa shape index (κ2) is 21.2. The van der Waals surface area contributed by atoms with Crippen molar-refractivity contribution in [1.82, 2.24) is 0 Å². The third kappa shape index (κ3) is 9.62. The number of rotatable bonds is 14. The van der Waals surface area contributed by atoms with Gasteiger partial charge in [-0.2, -0.15) is 22.9 Å². The Morgan fingerprint density at radius 1 is 0.522 bits per heavy atom. The Morgan fingerprint density at radius 3 is 1.24 bits per heavy atom.